The zero-order chi connectivity index (χ0) is 18.2. The van der Waals surface area contributed by atoms with Crippen LogP contribution < -0.4 is 0 Å². The molecule has 0 amide bonds. The summed E-state index contributed by atoms with van der Waals surface area (Å²) < 4.78 is 66.1. The molecule has 0 bridgehead atoms. The van der Waals surface area contributed by atoms with Gasteiger partial charge in [-0.25, -0.2) is 0 Å². The van der Waals surface area contributed by atoms with E-state index in [0.717, 1.165) is 0 Å². The Morgan fingerprint density at radius 3 is 2.04 bits per heavy atom. The van der Waals surface area contributed by atoms with Gasteiger partial charge < -0.3 is 28.4 Å². The summed E-state index contributed by atoms with van der Waals surface area (Å²) in [5.74, 6) is -0.496. The monoisotopic (exact) mass is 374 g/mol. The molecule has 5 atom stereocenters. The first-order valence-corrected chi connectivity index (χ1v) is 9.20. The number of hydrogen-bond donors (Lipinski definition) is 0. The molecule has 0 aromatic carbocycles. The molecular formula is C14H27FO8S. The first-order chi connectivity index (χ1) is 11.4. The molecule has 8 nitrogen and oxygen atoms in total. The first kappa shape index (κ1) is 21.7. The van der Waals surface area contributed by atoms with Gasteiger partial charge >= 0.3 is 10.2 Å². The fourth-order valence-electron chi connectivity index (χ4n) is 2.68. The van der Waals surface area contributed by atoms with E-state index in [1.165, 1.54) is 14.2 Å². The standard InChI is InChI=1S/C14H27FO8S/c1-18-11-10(9-22-7-5-6-8-24(15,16)17)23-14(21-4)13(20-3)12(11)19-2/h10-14H,5-9H2,1-4H3/t10-,11-,12+,13-,14?/m1/s1. The Morgan fingerprint density at radius 1 is 0.917 bits per heavy atom. The minimum atomic E-state index is -4.42. The molecule has 0 saturated carbocycles. The van der Waals surface area contributed by atoms with Crippen molar-refractivity contribution in [3.05, 3.63) is 0 Å². The van der Waals surface area contributed by atoms with Gasteiger partial charge in [0.25, 0.3) is 0 Å². The normalized spacial score (nSPS) is 31.3. The Bertz CT molecular complexity index is 446. The molecule has 0 N–H and O–H groups in total. The molecule has 10 heteroatoms. The lowest BCUT2D eigenvalue weighted by Crippen LogP contribution is -2.61. The van der Waals surface area contributed by atoms with Gasteiger partial charge in [0, 0.05) is 35.0 Å². The molecular weight excluding hydrogens is 347 g/mol. The Balaban J connectivity index is 2.50. The van der Waals surface area contributed by atoms with E-state index < -0.39 is 46.7 Å². The van der Waals surface area contributed by atoms with Gasteiger partial charge in [-0.05, 0) is 12.8 Å². The molecule has 1 rings (SSSR count). The zero-order valence-corrected chi connectivity index (χ0v) is 15.3. The summed E-state index contributed by atoms with van der Waals surface area (Å²) in [5.41, 5.74) is 0. The summed E-state index contributed by atoms with van der Waals surface area (Å²) in [6.45, 7) is 0.492. The van der Waals surface area contributed by atoms with E-state index in [9.17, 15) is 12.3 Å². The van der Waals surface area contributed by atoms with Crippen molar-refractivity contribution in [3.63, 3.8) is 0 Å². The molecule has 1 aliphatic heterocycles. The molecule has 1 fully saturated rings. The van der Waals surface area contributed by atoms with Crippen molar-refractivity contribution in [1.29, 1.82) is 0 Å². The lowest BCUT2D eigenvalue weighted by molar-refractivity contribution is -0.308. The lowest BCUT2D eigenvalue weighted by atomic mass is 9.98. The van der Waals surface area contributed by atoms with Gasteiger partial charge in [-0.15, -0.1) is 3.89 Å². The van der Waals surface area contributed by atoms with Crippen LogP contribution in [-0.2, 0) is 38.6 Å². The maximum Gasteiger partial charge on any atom is 0.302 e. The van der Waals surface area contributed by atoms with Crippen molar-refractivity contribution in [1.82, 2.24) is 0 Å². The van der Waals surface area contributed by atoms with Crippen molar-refractivity contribution >= 4 is 10.2 Å². The summed E-state index contributed by atoms with van der Waals surface area (Å²) in [6, 6.07) is 0. The van der Waals surface area contributed by atoms with Gasteiger partial charge in [0.15, 0.2) is 6.29 Å². The summed E-state index contributed by atoms with van der Waals surface area (Å²) in [4.78, 5) is 0. The van der Waals surface area contributed by atoms with E-state index in [0.29, 0.717) is 6.42 Å². The molecule has 1 unspecified atom stereocenters. The molecule has 0 aromatic heterocycles. The molecule has 1 aliphatic rings. The zero-order valence-electron chi connectivity index (χ0n) is 14.5. The Kier molecular flexibility index (Phi) is 9.57. The number of unbranched alkanes of at least 4 members (excludes halogenated alkanes) is 1. The average molecular weight is 374 g/mol. The van der Waals surface area contributed by atoms with Crippen LogP contribution in [0.3, 0.4) is 0 Å². The topological polar surface area (TPSA) is 89.5 Å². The highest BCUT2D eigenvalue weighted by atomic mass is 32.3. The van der Waals surface area contributed by atoms with E-state index in [1.54, 1.807) is 14.2 Å². The van der Waals surface area contributed by atoms with Gasteiger partial charge in [0.2, 0.25) is 0 Å². The molecule has 0 aliphatic carbocycles. The second-order valence-corrected chi connectivity index (χ2v) is 6.89. The van der Waals surface area contributed by atoms with Gasteiger partial charge in [0.05, 0.1) is 12.4 Å². The third kappa shape index (κ3) is 6.51. The highest BCUT2D eigenvalue weighted by molar-refractivity contribution is 7.86. The predicted molar refractivity (Wildman–Crippen MR) is 83.0 cm³/mol. The lowest BCUT2D eigenvalue weighted by Gasteiger charge is -2.44. The maximum absolute atomic E-state index is 12.4. The summed E-state index contributed by atoms with van der Waals surface area (Å²) in [6.07, 6.45) is -1.71. The summed E-state index contributed by atoms with van der Waals surface area (Å²) >= 11 is 0. The largest absolute Gasteiger partial charge is 0.379 e. The van der Waals surface area contributed by atoms with E-state index in [2.05, 4.69) is 0 Å². The van der Waals surface area contributed by atoms with Crippen molar-refractivity contribution < 1.29 is 40.7 Å². The molecule has 144 valence electrons. The van der Waals surface area contributed by atoms with Gasteiger partial charge in [-0.2, -0.15) is 8.42 Å². The number of halogens is 1. The minimum Gasteiger partial charge on any atom is -0.379 e. The number of hydrogen-bond acceptors (Lipinski definition) is 8. The van der Waals surface area contributed by atoms with Crippen molar-refractivity contribution in [2.45, 2.75) is 43.5 Å². The van der Waals surface area contributed by atoms with Gasteiger partial charge in [-0.1, -0.05) is 0 Å². The Morgan fingerprint density at radius 2 is 1.54 bits per heavy atom. The fraction of sp³-hybridized carbons (Fsp3) is 1.00. The smallest absolute Gasteiger partial charge is 0.302 e. The molecule has 0 spiro atoms. The van der Waals surface area contributed by atoms with Crippen LogP contribution in [0.4, 0.5) is 3.89 Å². The van der Waals surface area contributed by atoms with Crippen LogP contribution in [0.15, 0.2) is 0 Å². The van der Waals surface area contributed by atoms with Crippen molar-refractivity contribution in [3.8, 4) is 0 Å². The van der Waals surface area contributed by atoms with Crippen LogP contribution in [0.25, 0.3) is 0 Å². The molecule has 0 radical (unpaired) electrons. The SMILES string of the molecule is COC1O[C@H](COCCCCS(=O)(=O)F)[C@@H](OC)[C@H](OC)[C@H]1OC. The van der Waals surface area contributed by atoms with E-state index >= 15 is 0 Å². The average Bonchev–Trinajstić information content (AvgIpc) is 2.55. The summed E-state index contributed by atoms with van der Waals surface area (Å²) in [7, 11) is 1.71. The molecule has 24 heavy (non-hydrogen) atoms. The van der Waals surface area contributed by atoms with Crippen LogP contribution in [-0.4, -0.2) is 86.5 Å². The fourth-order valence-corrected chi connectivity index (χ4v) is 3.23. The third-order valence-electron chi connectivity index (χ3n) is 3.85. The van der Waals surface area contributed by atoms with Crippen LogP contribution in [0.1, 0.15) is 12.8 Å². The van der Waals surface area contributed by atoms with Crippen LogP contribution in [0, 0.1) is 0 Å². The Hall–Kier alpha value is -0.360. The highest BCUT2D eigenvalue weighted by Gasteiger charge is 2.47. The first-order valence-electron chi connectivity index (χ1n) is 7.64. The van der Waals surface area contributed by atoms with Crippen LogP contribution >= 0.6 is 0 Å². The molecule has 0 aromatic rings. The van der Waals surface area contributed by atoms with Gasteiger partial charge in [0.1, 0.15) is 24.4 Å². The van der Waals surface area contributed by atoms with Crippen LogP contribution in [0.2, 0.25) is 0 Å². The second kappa shape index (κ2) is 10.6. The van der Waals surface area contributed by atoms with Gasteiger partial charge in [-0.3, -0.25) is 0 Å². The molecule has 1 heterocycles. The Labute approximate surface area is 142 Å². The third-order valence-corrected chi connectivity index (χ3v) is 4.63. The van der Waals surface area contributed by atoms with Crippen LogP contribution in [0.5, 0.6) is 0 Å². The highest BCUT2D eigenvalue weighted by Crippen LogP contribution is 2.27. The summed E-state index contributed by atoms with van der Waals surface area (Å²) in [5, 5.41) is 0. The number of ether oxygens (including phenoxy) is 6. The van der Waals surface area contributed by atoms with E-state index in [1.807, 2.05) is 0 Å². The predicted octanol–water partition coefficient (Wildman–Crippen LogP) is 0.499. The minimum absolute atomic E-state index is 0.200. The quantitative estimate of drug-likeness (QED) is 0.382. The van der Waals surface area contributed by atoms with Crippen molar-refractivity contribution in [2.24, 2.45) is 0 Å². The van der Waals surface area contributed by atoms with E-state index in [4.69, 9.17) is 28.4 Å². The second-order valence-electron chi connectivity index (χ2n) is 5.40. The number of rotatable bonds is 11. The molecule has 1 saturated heterocycles. The maximum atomic E-state index is 12.4. The van der Waals surface area contributed by atoms with Crippen molar-refractivity contribution in [2.75, 3.05) is 47.4 Å². The number of methoxy groups -OCH3 is 4. The van der Waals surface area contributed by atoms with E-state index in [-0.39, 0.29) is 19.6 Å².